The molecule has 0 amide bonds. The van der Waals surface area contributed by atoms with Gasteiger partial charge in [-0.25, -0.2) is 0 Å². The molecule has 62 valence electrons. The first kappa shape index (κ1) is 6.67. The van der Waals surface area contributed by atoms with Gasteiger partial charge in [-0.15, -0.1) is 0 Å². The van der Waals surface area contributed by atoms with Crippen molar-refractivity contribution in [2.75, 3.05) is 6.61 Å². The van der Waals surface area contributed by atoms with Crippen molar-refractivity contribution in [2.24, 2.45) is 0 Å². The molecule has 0 aromatic heterocycles. The fraction of sp³-hybridized carbons (Fsp3) is 0.455. The number of hydrogen-bond donors (Lipinski definition) is 0. The predicted octanol–water partition coefficient (Wildman–Crippen LogP) is 1.94. The van der Waals surface area contributed by atoms with Crippen molar-refractivity contribution in [1.82, 2.24) is 0 Å². The van der Waals surface area contributed by atoms with Crippen LogP contribution in [0.1, 0.15) is 17.5 Å². The van der Waals surface area contributed by atoms with E-state index in [0.717, 1.165) is 19.4 Å². The Morgan fingerprint density at radius 1 is 1.08 bits per heavy atom. The second kappa shape index (κ2) is 2.11. The lowest BCUT2D eigenvalue weighted by Gasteiger charge is -2.38. The molecule has 0 saturated carbocycles. The number of ether oxygens (including phenoxy) is 1. The minimum Gasteiger partial charge on any atom is -0.374 e. The van der Waals surface area contributed by atoms with Gasteiger partial charge < -0.3 is 4.74 Å². The highest BCUT2D eigenvalue weighted by atomic mass is 16.5. The highest BCUT2D eigenvalue weighted by molar-refractivity contribution is 5.36. The highest BCUT2D eigenvalue weighted by Crippen LogP contribution is 2.40. The van der Waals surface area contributed by atoms with Gasteiger partial charge in [-0.3, -0.25) is 0 Å². The highest BCUT2D eigenvalue weighted by Gasteiger charge is 2.43. The van der Waals surface area contributed by atoms with Crippen LogP contribution in [0.3, 0.4) is 0 Å². The van der Waals surface area contributed by atoms with Crippen LogP contribution < -0.4 is 0 Å². The van der Waals surface area contributed by atoms with Crippen LogP contribution in [0.4, 0.5) is 0 Å². The minimum absolute atomic E-state index is 0.226. The first-order valence-electron chi connectivity index (χ1n) is 4.59. The van der Waals surface area contributed by atoms with Gasteiger partial charge in [-0.05, 0) is 11.1 Å². The van der Waals surface area contributed by atoms with Crippen LogP contribution in [0.25, 0.3) is 0 Å². The molecule has 1 heterocycles. The van der Waals surface area contributed by atoms with E-state index in [-0.39, 0.29) is 5.60 Å². The maximum absolute atomic E-state index is 5.66. The van der Waals surface area contributed by atoms with Gasteiger partial charge in [0.05, 0.1) is 12.2 Å². The topological polar surface area (TPSA) is 9.23 Å². The average molecular weight is 160 g/mol. The number of hydrogen-bond acceptors (Lipinski definition) is 1. The summed E-state index contributed by atoms with van der Waals surface area (Å²) in [4.78, 5) is 0. The molecule has 1 aliphatic carbocycles. The van der Waals surface area contributed by atoms with E-state index in [1.54, 1.807) is 0 Å². The molecular formula is C11H12O. The van der Waals surface area contributed by atoms with Gasteiger partial charge in [-0.1, -0.05) is 24.3 Å². The summed E-state index contributed by atoms with van der Waals surface area (Å²) >= 11 is 0. The third kappa shape index (κ3) is 0.774. The average Bonchev–Trinajstić information content (AvgIpc) is 2.42. The fourth-order valence-corrected chi connectivity index (χ4v) is 2.33. The first-order chi connectivity index (χ1) is 5.88. The number of benzene rings is 1. The molecule has 3 rings (SSSR count). The van der Waals surface area contributed by atoms with Gasteiger partial charge in [0.2, 0.25) is 0 Å². The molecule has 12 heavy (non-hydrogen) atoms. The first-order valence-corrected chi connectivity index (χ1v) is 4.59. The van der Waals surface area contributed by atoms with E-state index in [0.29, 0.717) is 0 Å². The van der Waals surface area contributed by atoms with Crippen molar-refractivity contribution in [1.29, 1.82) is 0 Å². The lowest BCUT2D eigenvalue weighted by molar-refractivity contribution is -0.139. The molecule has 1 spiro atoms. The van der Waals surface area contributed by atoms with Gasteiger partial charge in [-0.2, -0.15) is 0 Å². The van der Waals surface area contributed by atoms with Gasteiger partial charge in [0, 0.05) is 19.3 Å². The lowest BCUT2D eigenvalue weighted by atomic mass is 9.92. The van der Waals surface area contributed by atoms with E-state index in [4.69, 9.17) is 4.74 Å². The van der Waals surface area contributed by atoms with Crippen molar-refractivity contribution in [3.05, 3.63) is 35.4 Å². The largest absolute Gasteiger partial charge is 0.374 e. The van der Waals surface area contributed by atoms with Crippen molar-refractivity contribution in [2.45, 2.75) is 24.9 Å². The Balaban J connectivity index is 1.99. The van der Waals surface area contributed by atoms with E-state index in [1.807, 2.05) is 0 Å². The Bertz CT molecular complexity index is 286. The molecule has 0 radical (unpaired) electrons. The van der Waals surface area contributed by atoms with Gasteiger partial charge in [0.15, 0.2) is 0 Å². The van der Waals surface area contributed by atoms with Crippen molar-refractivity contribution in [3.8, 4) is 0 Å². The maximum atomic E-state index is 5.66. The van der Waals surface area contributed by atoms with Crippen LogP contribution in [0, 0.1) is 0 Å². The molecule has 1 saturated heterocycles. The maximum Gasteiger partial charge on any atom is 0.0784 e. The van der Waals surface area contributed by atoms with Crippen LogP contribution >= 0.6 is 0 Å². The molecule has 0 atom stereocenters. The summed E-state index contributed by atoms with van der Waals surface area (Å²) in [5.41, 5.74) is 3.22. The molecule has 1 aliphatic heterocycles. The Morgan fingerprint density at radius 2 is 1.67 bits per heavy atom. The van der Waals surface area contributed by atoms with E-state index in [2.05, 4.69) is 24.3 Å². The normalized spacial score (nSPS) is 23.7. The number of fused-ring (bicyclic) bond motifs is 1. The van der Waals surface area contributed by atoms with Crippen molar-refractivity contribution >= 4 is 0 Å². The fourth-order valence-electron chi connectivity index (χ4n) is 2.33. The summed E-state index contributed by atoms with van der Waals surface area (Å²) in [5.74, 6) is 0. The van der Waals surface area contributed by atoms with Crippen LogP contribution in [0.2, 0.25) is 0 Å². The summed E-state index contributed by atoms with van der Waals surface area (Å²) in [6.45, 7) is 0.966. The van der Waals surface area contributed by atoms with Crippen molar-refractivity contribution < 1.29 is 4.74 Å². The Hall–Kier alpha value is -0.820. The van der Waals surface area contributed by atoms with Crippen molar-refractivity contribution in [3.63, 3.8) is 0 Å². The Kier molecular flexibility index (Phi) is 1.17. The second-order valence-corrected chi connectivity index (χ2v) is 3.90. The van der Waals surface area contributed by atoms with Crippen LogP contribution in [-0.2, 0) is 17.6 Å². The third-order valence-electron chi connectivity index (χ3n) is 3.11. The Morgan fingerprint density at radius 3 is 2.08 bits per heavy atom. The smallest absolute Gasteiger partial charge is 0.0784 e. The van der Waals surface area contributed by atoms with E-state index in [9.17, 15) is 0 Å². The Labute approximate surface area is 72.4 Å². The molecular weight excluding hydrogens is 148 g/mol. The van der Waals surface area contributed by atoms with E-state index >= 15 is 0 Å². The number of rotatable bonds is 0. The summed E-state index contributed by atoms with van der Waals surface area (Å²) in [6.07, 6.45) is 3.54. The molecule has 1 fully saturated rings. The summed E-state index contributed by atoms with van der Waals surface area (Å²) < 4.78 is 5.66. The summed E-state index contributed by atoms with van der Waals surface area (Å²) in [5, 5.41) is 0. The van der Waals surface area contributed by atoms with E-state index in [1.165, 1.54) is 17.5 Å². The zero-order valence-electron chi connectivity index (χ0n) is 7.05. The standard InChI is InChI=1S/C11H12O/c1-2-4-10-8-11(5-6-12-11)7-9(10)3-1/h1-4H,5-8H2. The predicted molar refractivity (Wildman–Crippen MR) is 47.2 cm³/mol. The quantitative estimate of drug-likeness (QED) is 0.563. The lowest BCUT2D eigenvalue weighted by Crippen LogP contribution is -2.44. The minimum atomic E-state index is 0.226. The van der Waals surface area contributed by atoms with Gasteiger partial charge in [0.25, 0.3) is 0 Å². The molecule has 1 nitrogen and oxygen atoms in total. The van der Waals surface area contributed by atoms with E-state index < -0.39 is 0 Å². The molecule has 1 heteroatoms. The van der Waals surface area contributed by atoms with Crippen LogP contribution in [-0.4, -0.2) is 12.2 Å². The van der Waals surface area contributed by atoms with Crippen LogP contribution in [0.15, 0.2) is 24.3 Å². The van der Waals surface area contributed by atoms with Crippen LogP contribution in [0.5, 0.6) is 0 Å². The zero-order valence-corrected chi connectivity index (χ0v) is 7.05. The molecule has 1 aromatic rings. The molecule has 1 aromatic carbocycles. The SMILES string of the molecule is c1ccc2c(c1)CC1(CCO1)C2. The zero-order chi connectivity index (χ0) is 8.02. The second-order valence-electron chi connectivity index (χ2n) is 3.90. The molecule has 2 aliphatic rings. The molecule has 0 unspecified atom stereocenters. The summed E-state index contributed by atoms with van der Waals surface area (Å²) in [6, 6.07) is 8.70. The monoisotopic (exact) mass is 160 g/mol. The van der Waals surface area contributed by atoms with Gasteiger partial charge in [0.1, 0.15) is 0 Å². The van der Waals surface area contributed by atoms with Gasteiger partial charge >= 0.3 is 0 Å². The third-order valence-corrected chi connectivity index (χ3v) is 3.11. The summed E-state index contributed by atoms with van der Waals surface area (Å²) in [7, 11) is 0. The molecule has 0 bridgehead atoms. The molecule has 0 N–H and O–H groups in total.